The average Bonchev–Trinajstić information content (AvgIpc) is 2.56. The topological polar surface area (TPSA) is 12.9 Å². The van der Waals surface area contributed by atoms with Gasteiger partial charge in [0.25, 0.3) is 0 Å². The zero-order valence-electron chi connectivity index (χ0n) is 6.82. The van der Waals surface area contributed by atoms with E-state index in [9.17, 15) is 0 Å². The lowest BCUT2D eigenvalue weighted by atomic mass is 10.1. The fraction of sp³-hybridized carbons (Fsp3) is 0.100. The molecule has 0 atom stereocenters. The van der Waals surface area contributed by atoms with Crippen molar-refractivity contribution in [3.63, 3.8) is 0 Å². The van der Waals surface area contributed by atoms with Gasteiger partial charge in [-0.3, -0.25) is 4.98 Å². The molecular weight excluding hydrogens is 166 g/mol. The highest BCUT2D eigenvalue weighted by molar-refractivity contribution is 7.08. The van der Waals surface area contributed by atoms with E-state index >= 15 is 0 Å². The van der Waals surface area contributed by atoms with Crippen LogP contribution in [0.4, 0.5) is 0 Å². The molecule has 0 saturated carbocycles. The van der Waals surface area contributed by atoms with Gasteiger partial charge in [0.1, 0.15) is 0 Å². The third-order valence-electron chi connectivity index (χ3n) is 1.73. The summed E-state index contributed by atoms with van der Waals surface area (Å²) in [4.78, 5) is 4.14. The van der Waals surface area contributed by atoms with E-state index in [1.54, 1.807) is 11.3 Å². The fourth-order valence-corrected chi connectivity index (χ4v) is 1.81. The zero-order chi connectivity index (χ0) is 8.39. The Morgan fingerprint density at radius 3 is 2.83 bits per heavy atom. The summed E-state index contributed by atoms with van der Waals surface area (Å²) in [6.07, 6.45) is 3.77. The summed E-state index contributed by atoms with van der Waals surface area (Å²) in [5, 5.41) is 4.22. The third-order valence-corrected chi connectivity index (χ3v) is 2.41. The Labute approximate surface area is 75.7 Å². The monoisotopic (exact) mass is 175 g/mol. The molecule has 0 aliphatic heterocycles. The highest BCUT2D eigenvalue weighted by Gasteiger charge is 1.96. The fourth-order valence-electron chi connectivity index (χ4n) is 1.14. The molecule has 0 fully saturated rings. The minimum Gasteiger partial charge on any atom is -0.264 e. The average molecular weight is 175 g/mol. The molecule has 60 valence electrons. The van der Waals surface area contributed by atoms with Gasteiger partial charge < -0.3 is 0 Å². The first-order chi connectivity index (χ1) is 5.86. The number of hydrogen-bond donors (Lipinski definition) is 0. The van der Waals surface area contributed by atoms with Crippen molar-refractivity contribution in [2.24, 2.45) is 0 Å². The summed E-state index contributed by atoms with van der Waals surface area (Å²) in [6.45, 7) is 2.06. The predicted octanol–water partition coefficient (Wildman–Crippen LogP) is 3.12. The normalized spacial score (nSPS) is 10.1. The van der Waals surface area contributed by atoms with Crippen molar-refractivity contribution in [1.82, 2.24) is 4.98 Å². The zero-order valence-corrected chi connectivity index (χ0v) is 7.64. The lowest BCUT2D eigenvalue weighted by Gasteiger charge is -1.97. The predicted molar refractivity (Wildman–Crippen MR) is 52.3 cm³/mol. The van der Waals surface area contributed by atoms with E-state index in [1.165, 1.54) is 16.7 Å². The largest absolute Gasteiger partial charge is 0.264 e. The Bertz CT molecular complexity index is 365. The van der Waals surface area contributed by atoms with Gasteiger partial charge in [0, 0.05) is 18.0 Å². The Morgan fingerprint density at radius 1 is 1.25 bits per heavy atom. The number of pyridine rings is 1. The minimum atomic E-state index is 1.20. The highest BCUT2D eigenvalue weighted by Crippen LogP contribution is 2.21. The van der Waals surface area contributed by atoms with Gasteiger partial charge >= 0.3 is 0 Å². The number of aryl methyl sites for hydroxylation is 1. The van der Waals surface area contributed by atoms with Crippen LogP contribution < -0.4 is 0 Å². The first-order valence-corrected chi connectivity index (χ1v) is 4.75. The van der Waals surface area contributed by atoms with Crippen LogP contribution in [-0.2, 0) is 0 Å². The van der Waals surface area contributed by atoms with E-state index in [0.29, 0.717) is 0 Å². The van der Waals surface area contributed by atoms with Gasteiger partial charge in [0.15, 0.2) is 0 Å². The molecule has 0 N–H and O–H groups in total. The van der Waals surface area contributed by atoms with Gasteiger partial charge in [-0.2, -0.15) is 11.3 Å². The second-order valence-corrected chi connectivity index (χ2v) is 3.54. The maximum atomic E-state index is 4.14. The van der Waals surface area contributed by atoms with Crippen LogP contribution >= 0.6 is 11.3 Å². The van der Waals surface area contributed by atoms with Crippen molar-refractivity contribution in [3.8, 4) is 11.1 Å². The van der Waals surface area contributed by atoms with Crippen LogP contribution in [0.1, 0.15) is 5.56 Å². The lowest BCUT2D eigenvalue weighted by Crippen LogP contribution is -1.79. The molecule has 1 nitrogen and oxygen atoms in total. The summed E-state index contributed by atoms with van der Waals surface area (Å²) < 4.78 is 0. The van der Waals surface area contributed by atoms with Crippen molar-refractivity contribution in [2.75, 3.05) is 0 Å². The van der Waals surface area contributed by atoms with E-state index in [0.717, 1.165) is 0 Å². The summed E-state index contributed by atoms with van der Waals surface area (Å²) in [7, 11) is 0. The summed E-state index contributed by atoms with van der Waals surface area (Å²) >= 11 is 1.71. The molecule has 0 radical (unpaired) electrons. The molecule has 0 aliphatic carbocycles. The Balaban J connectivity index is 2.48. The van der Waals surface area contributed by atoms with Crippen molar-refractivity contribution in [3.05, 3.63) is 40.8 Å². The van der Waals surface area contributed by atoms with Crippen molar-refractivity contribution in [2.45, 2.75) is 6.92 Å². The van der Waals surface area contributed by atoms with E-state index in [2.05, 4.69) is 34.8 Å². The number of rotatable bonds is 1. The maximum Gasteiger partial charge on any atom is 0.0346 e. The number of aromatic nitrogens is 1. The Hall–Kier alpha value is -1.15. The van der Waals surface area contributed by atoms with Crippen LogP contribution in [0.25, 0.3) is 11.1 Å². The van der Waals surface area contributed by atoms with Crippen LogP contribution in [-0.4, -0.2) is 4.98 Å². The van der Waals surface area contributed by atoms with Crippen molar-refractivity contribution < 1.29 is 0 Å². The second-order valence-electron chi connectivity index (χ2n) is 2.76. The summed E-state index contributed by atoms with van der Waals surface area (Å²) in [6, 6.07) is 4.26. The molecular formula is C10H9NS. The minimum absolute atomic E-state index is 1.20. The van der Waals surface area contributed by atoms with Crippen LogP contribution in [0.2, 0.25) is 0 Å². The SMILES string of the molecule is Cc1cncc(-c2ccsc2)c1. The molecule has 0 bridgehead atoms. The van der Waals surface area contributed by atoms with E-state index in [4.69, 9.17) is 0 Å². The smallest absolute Gasteiger partial charge is 0.0346 e. The van der Waals surface area contributed by atoms with Gasteiger partial charge in [-0.05, 0) is 40.9 Å². The molecule has 2 rings (SSSR count). The Morgan fingerprint density at radius 2 is 2.17 bits per heavy atom. The molecule has 2 aromatic rings. The van der Waals surface area contributed by atoms with Gasteiger partial charge in [-0.15, -0.1) is 0 Å². The van der Waals surface area contributed by atoms with E-state index < -0.39 is 0 Å². The van der Waals surface area contributed by atoms with Gasteiger partial charge in [0.2, 0.25) is 0 Å². The molecule has 0 unspecified atom stereocenters. The molecule has 0 spiro atoms. The molecule has 0 amide bonds. The molecule has 0 aliphatic rings. The third kappa shape index (κ3) is 1.38. The maximum absolute atomic E-state index is 4.14. The van der Waals surface area contributed by atoms with Crippen molar-refractivity contribution >= 4 is 11.3 Å². The van der Waals surface area contributed by atoms with Gasteiger partial charge in [-0.25, -0.2) is 0 Å². The summed E-state index contributed by atoms with van der Waals surface area (Å²) in [5.41, 5.74) is 3.67. The first-order valence-electron chi connectivity index (χ1n) is 3.80. The van der Waals surface area contributed by atoms with E-state index in [-0.39, 0.29) is 0 Å². The Kier molecular flexibility index (Phi) is 1.92. The standard InChI is InChI=1S/C10H9NS/c1-8-4-10(6-11-5-8)9-2-3-12-7-9/h2-7H,1H3. The van der Waals surface area contributed by atoms with Gasteiger partial charge in [-0.1, -0.05) is 0 Å². The first kappa shape index (κ1) is 7.50. The molecule has 2 heterocycles. The van der Waals surface area contributed by atoms with Gasteiger partial charge in [0.05, 0.1) is 0 Å². The van der Waals surface area contributed by atoms with Crippen LogP contribution in [0, 0.1) is 6.92 Å². The summed E-state index contributed by atoms with van der Waals surface area (Å²) in [5.74, 6) is 0. The highest BCUT2D eigenvalue weighted by atomic mass is 32.1. The van der Waals surface area contributed by atoms with E-state index in [1.807, 2.05) is 12.4 Å². The number of nitrogens with zero attached hydrogens (tertiary/aromatic N) is 1. The quantitative estimate of drug-likeness (QED) is 0.649. The molecule has 0 saturated heterocycles. The molecule has 2 aromatic heterocycles. The van der Waals surface area contributed by atoms with Crippen LogP contribution in [0.15, 0.2) is 35.3 Å². The number of thiophene rings is 1. The molecule has 0 aromatic carbocycles. The molecule has 2 heteroatoms. The number of hydrogen-bond acceptors (Lipinski definition) is 2. The lowest BCUT2D eigenvalue weighted by molar-refractivity contribution is 1.27. The second kappa shape index (κ2) is 3.07. The molecule has 12 heavy (non-hydrogen) atoms. The van der Waals surface area contributed by atoms with Crippen molar-refractivity contribution in [1.29, 1.82) is 0 Å². The van der Waals surface area contributed by atoms with Crippen LogP contribution in [0.3, 0.4) is 0 Å². The van der Waals surface area contributed by atoms with Crippen LogP contribution in [0.5, 0.6) is 0 Å².